The standard InChI is InChI=1S/C12H22N2/c1-2-9-14(8-1)11-6-5-10-4-3-7-13-12(10)11/h10-13H,1-9H2. The molecule has 3 fully saturated rings. The van der Waals surface area contributed by atoms with E-state index in [1.54, 1.807) is 0 Å². The van der Waals surface area contributed by atoms with Crippen molar-refractivity contribution < 1.29 is 0 Å². The lowest BCUT2D eigenvalue weighted by Crippen LogP contribution is -2.50. The van der Waals surface area contributed by atoms with Crippen LogP contribution in [0.15, 0.2) is 0 Å². The summed E-state index contributed by atoms with van der Waals surface area (Å²) in [5.74, 6) is 1.01. The number of hydrogen-bond acceptors (Lipinski definition) is 2. The predicted molar refractivity (Wildman–Crippen MR) is 58.3 cm³/mol. The summed E-state index contributed by atoms with van der Waals surface area (Å²) in [7, 11) is 0. The molecule has 1 N–H and O–H groups in total. The van der Waals surface area contributed by atoms with E-state index in [0.29, 0.717) is 0 Å². The van der Waals surface area contributed by atoms with Crippen molar-refractivity contribution in [3.63, 3.8) is 0 Å². The third kappa shape index (κ3) is 1.49. The lowest BCUT2D eigenvalue weighted by Gasteiger charge is -2.35. The van der Waals surface area contributed by atoms with Gasteiger partial charge in [0.2, 0.25) is 0 Å². The highest BCUT2D eigenvalue weighted by Gasteiger charge is 2.40. The lowest BCUT2D eigenvalue weighted by molar-refractivity contribution is 0.180. The van der Waals surface area contributed by atoms with Gasteiger partial charge in [-0.1, -0.05) is 0 Å². The zero-order valence-corrected chi connectivity index (χ0v) is 9.04. The molecule has 0 radical (unpaired) electrons. The Morgan fingerprint density at radius 3 is 2.64 bits per heavy atom. The second-order valence-electron chi connectivity index (χ2n) is 5.27. The van der Waals surface area contributed by atoms with E-state index in [1.807, 2.05) is 0 Å². The van der Waals surface area contributed by atoms with Gasteiger partial charge >= 0.3 is 0 Å². The van der Waals surface area contributed by atoms with E-state index in [1.165, 1.54) is 58.2 Å². The molecule has 0 spiro atoms. The molecule has 0 amide bonds. The molecule has 3 rings (SSSR count). The second kappa shape index (κ2) is 3.82. The SMILES string of the molecule is C1CNC2C(C1)CCC2N1CCCC1. The minimum absolute atomic E-state index is 0.849. The van der Waals surface area contributed by atoms with Gasteiger partial charge in [-0.15, -0.1) is 0 Å². The Labute approximate surface area is 87.0 Å². The van der Waals surface area contributed by atoms with E-state index in [0.717, 1.165) is 18.0 Å². The largest absolute Gasteiger partial charge is 0.312 e. The third-order valence-electron chi connectivity index (χ3n) is 4.50. The fourth-order valence-corrected chi connectivity index (χ4v) is 3.80. The van der Waals surface area contributed by atoms with Gasteiger partial charge in [-0.3, -0.25) is 4.90 Å². The Morgan fingerprint density at radius 1 is 0.929 bits per heavy atom. The van der Waals surface area contributed by atoms with Crippen LogP contribution >= 0.6 is 0 Å². The summed E-state index contributed by atoms with van der Waals surface area (Å²) >= 11 is 0. The molecule has 2 nitrogen and oxygen atoms in total. The van der Waals surface area contributed by atoms with Gasteiger partial charge < -0.3 is 5.32 Å². The number of hydrogen-bond donors (Lipinski definition) is 1. The van der Waals surface area contributed by atoms with Crippen LogP contribution in [0.25, 0.3) is 0 Å². The Kier molecular flexibility index (Phi) is 2.50. The van der Waals surface area contributed by atoms with E-state index in [9.17, 15) is 0 Å². The number of fused-ring (bicyclic) bond motifs is 1. The molecule has 1 aliphatic carbocycles. The second-order valence-corrected chi connectivity index (χ2v) is 5.27. The van der Waals surface area contributed by atoms with Crippen molar-refractivity contribution in [2.45, 2.75) is 50.6 Å². The van der Waals surface area contributed by atoms with Crippen molar-refractivity contribution in [1.29, 1.82) is 0 Å². The first-order valence-corrected chi connectivity index (χ1v) is 6.42. The first-order chi connectivity index (χ1) is 6.95. The van der Waals surface area contributed by atoms with Crippen LogP contribution in [0.1, 0.15) is 38.5 Å². The molecule has 3 atom stereocenters. The molecule has 2 heterocycles. The van der Waals surface area contributed by atoms with Gasteiger partial charge in [0.05, 0.1) is 0 Å². The highest BCUT2D eigenvalue weighted by atomic mass is 15.2. The summed E-state index contributed by atoms with van der Waals surface area (Å²) in [5, 5.41) is 3.77. The first kappa shape index (κ1) is 9.17. The van der Waals surface area contributed by atoms with Gasteiger partial charge in [0, 0.05) is 12.1 Å². The van der Waals surface area contributed by atoms with Crippen molar-refractivity contribution in [2.75, 3.05) is 19.6 Å². The minimum atomic E-state index is 0.849. The Hall–Kier alpha value is -0.0800. The summed E-state index contributed by atoms with van der Waals surface area (Å²) in [5.41, 5.74) is 0. The molecular formula is C12H22N2. The third-order valence-corrected chi connectivity index (χ3v) is 4.50. The fourth-order valence-electron chi connectivity index (χ4n) is 3.80. The van der Waals surface area contributed by atoms with Crippen LogP contribution in [0.2, 0.25) is 0 Å². The van der Waals surface area contributed by atoms with Crippen LogP contribution < -0.4 is 5.32 Å². The van der Waals surface area contributed by atoms with Crippen LogP contribution in [0.4, 0.5) is 0 Å². The van der Waals surface area contributed by atoms with E-state index < -0.39 is 0 Å². The van der Waals surface area contributed by atoms with E-state index in [2.05, 4.69) is 10.2 Å². The molecule has 14 heavy (non-hydrogen) atoms. The number of nitrogens with zero attached hydrogens (tertiary/aromatic N) is 1. The minimum Gasteiger partial charge on any atom is -0.312 e. The maximum atomic E-state index is 3.77. The number of rotatable bonds is 1. The average molecular weight is 194 g/mol. The average Bonchev–Trinajstić information content (AvgIpc) is 2.85. The maximum Gasteiger partial charge on any atom is 0.0252 e. The smallest absolute Gasteiger partial charge is 0.0252 e. The summed E-state index contributed by atoms with van der Waals surface area (Å²) in [6.45, 7) is 4.01. The first-order valence-electron chi connectivity index (χ1n) is 6.42. The molecule has 0 aromatic carbocycles. The quantitative estimate of drug-likeness (QED) is 0.682. The van der Waals surface area contributed by atoms with Gasteiger partial charge in [-0.25, -0.2) is 0 Å². The highest BCUT2D eigenvalue weighted by molar-refractivity contribution is 4.98. The summed E-state index contributed by atoms with van der Waals surface area (Å²) in [6, 6.07) is 1.74. The van der Waals surface area contributed by atoms with Crippen LogP contribution in [0, 0.1) is 5.92 Å². The lowest BCUT2D eigenvalue weighted by atomic mass is 9.92. The van der Waals surface area contributed by atoms with Crippen molar-refractivity contribution in [3.8, 4) is 0 Å². The molecule has 0 aromatic rings. The molecular weight excluding hydrogens is 172 g/mol. The van der Waals surface area contributed by atoms with Crippen LogP contribution in [-0.4, -0.2) is 36.6 Å². The van der Waals surface area contributed by atoms with Gasteiger partial charge in [0.15, 0.2) is 0 Å². The van der Waals surface area contributed by atoms with Crippen LogP contribution in [-0.2, 0) is 0 Å². The molecule has 0 bridgehead atoms. The summed E-state index contributed by atoms with van der Waals surface area (Å²) in [4.78, 5) is 2.75. The van der Waals surface area contributed by atoms with Crippen LogP contribution in [0.5, 0.6) is 0 Å². The predicted octanol–water partition coefficient (Wildman–Crippen LogP) is 1.61. The summed E-state index contributed by atoms with van der Waals surface area (Å²) in [6.07, 6.45) is 8.72. The number of nitrogens with one attached hydrogen (secondary N) is 1. The fraction of sp³-hybridized carbons (Fsp3) is 1.00. The molecule has 2 heteroatoms. The maximum absolute atomic E-state index is 3.77. The molecule has 2 saturated heterocycles. The van der Waals surface area contributed by atoms with Gasteiger partial charge in [-0.2, -0.15) is 0 Å². The molecule has 0 aromatic heterocycles. The molecule has 1 saturated carbocycles. The Morgan fingerprint density at radius 2 is 1.79 bits per heavy atom. The topological polar surface area (TPSA) is 15.3 Å². The number of piperidine rings is 1. The molecule has 80 valence electrons. The van der Waals surface area contributed by atoms with Crippen molar-refractivity contribution >= 4 is 0 Å². The van der Waals surface area contributed by atoms with Crippen LogP contribution in [0.3, 0.4) is 0 Å². The van der Waals surface area contributed by atoms with E-state index in [4.69, 9.17) is 0 Å². The Bertz CT molecular complexity index is 198. The van der Waals surface area contributed by atoms with E-state index >= 15 is 0 Å². The van der Waals surface area contributed by atoms with Crippen molar-refractivity contribution in [1.82, 2.24) is 10.2 Å². The van der Waals surface area contributed by atoms with Crippen molar-refractivity contribution in [3.05, 3.63) is 0 Å². The van der Waals surface area contributed by atoms with E-state index in [-0.39, 0.29) is 0 Å². The molecule has 3 unspecified atom stereocenters. The van der Waals surface area contributed by atoms with Gasteiger partial charge in [-0.05, 0) is 64.1 Å². The zero-order valence-electron chi connectivity index (χ0n) is 9.04. The summed E-state index contributed by atoms with van der Waals surface area (Å²) < 4.78 is 0. The molecule has 2 aliphatic heterocycles. The monoisotopic (exact) mass is 194 g/mol. The highest BCUT2D eigenvalue weighted by Crippen LogP contribution is 2.36. The van der Waals surface area contributed by atoms with Crippen molar-refractivity contribution in [2.24, 2.45) is 5.92 Å². The van der Waals surface area contributed by atoms with Gasteiger partial charge in [0.25, 0.3) is 0 Å². The Balaban J connectivity index is 1.68. The normalized spacial score (nSPS) is 44.1. The number of likely N-dealkylation sites (tertiary alicyclic amines) is 1. The van der Waals surface area contributed by atoms with Gasteiger partial charge in [0.1, 0.15) is 0 Å². The molecule has 3 aliphatic rings. The zero-order chi connectivity index (χ0) is 9.38.